The maximum atomic E-state index is 5.71. The molecule has 0 aromatic heterocycles. The Morgan fingerprint density at radius 2 is 1.59 bits per heavy atom. The fourth-order valence-corrected chi connectivity index (χ4v) is 1.74. The molecule has 0 bridgehead atoms. The van der Waals surface area contributed by atoms with Crippen molar-refractivity contribution in [3.05, 3.63) is 58.6 Å². The molecule has 0 fully saturated rings. The fourth-order valence-electron chi connectivity index (χ4n) is 1.48. The van der Waals surface area contributed by atoms with Crippen molar-refractivity contribution in [2.75, 3.05) is 7.11 Å². The molecule has 0 aliphatic heterocycles. The van der Waals surface area contributed by atoms with Crippen molar-refractivity contribution < 1.29 is 9.47 Å². The van der Waals surface area contributed by atoms with Crippen LogP contribution in [-0.2, 0) is 6.61 Å². The summed E-state index contributed by atoms with van der Waals surface area (Å²) >= 11 is 3.40. The number of hydrogen-bond acceptors (Lipinski definition) is 2. The average molecular weight is 293 g/mol. The second-order valence-corrected chi connectivity index (χ2v) is 4.48. The van der Waals surface area contributed by atoms with Crippen LogP contribution in [0.25, 0.3) is 0 Å². The zero-order valence-electron chi connectivity index (χ0n) is 9.52. The average Bonchev–Trinajstić information content (AvgIpc) is 2.38. The lowest BCUT2D eigenvalue weighted by Gasteiger charge is -2.10. The molecule has 0 aliphatic rings. The summed E-state index contributed by atoms with van der Waals surface area (Å²) in [4.78, 5) is 0. The first kappa shape index (κ1) is 12.0. The van der Waals surface area contributed by atoms with Crippen LogP contribution in [0.15, 0.2) is 53.0 Å². The van der Waals surface area contributed by atoms with Gasteiger partial charge in [0.15, 0.2) is 11.5 Å². The maximum absolute atomic E-state index is 5.71. The summed E-state index contributed by atoms with van der Waals surface area (Å²) in [5, 5.41) is 0. The van der Waals surface area contributed by atoms with Gasteiger partial charge in [0, 0.05) is 4.47 Å². The predicted octanol–water partition coefficient (Wildman–Crippen LogP) is 4.04. The smallest absolute Gasteiger partial charge is 0.161 e. The van der Waals surface area contributed by atoms with Crippen molar-refractivity contribution in [1.82, 2.24) is 0 Å². The molecule has 2 aromatic carbocycles. The molecule has 0 amide bonds. The van der Waals surface area contributed by atoms with Gasteiger partial charge in [0.25, 0.3) is 0 Å². The molecule has 0 saturated heterocycles. The molecule has 2 aromatic rings. The van der Waals surface area contributed by atoms with Crippen LogP contribution in [0.5, 0.6) is 11.5 Å². The highest BCUT2D eigenvalue weighted by atomic mass is 79.9. The van der Waals surface area contributed by atoms with Gasteiger partial charge < -0.3 is 9.47 Å². The number of halogens is 1. The Hall–Kier alpha value is -1.48. The molecule has 0 aliphatic carbocycles. The molecular weight excluding hydrogens is 280 g/mol. The van der Waals surface area contributed by atoms with Crippen LogP contribution >= 0.6 is 15.9 Å². The first-order valence-electron chi connectivity index (χ1n) is 5.30. The highest BCUT2D eigenvalue weighted by Crippen LogP contribution is 2.26. The Balaban J connectivity index is 2.04. The van der Waals surface area contributed by atoms with E-state index >= 15 is 0 Å². The SMILES string of the molecule is COc1ccccc1OCc1ccc(Br)cc1. The van der Waals surface area contributed by atoms with E-state index in [9.17, 15) is 0 Å². The number of para-hydroxylation sites is 2. The molecule has 0 radical (unpaired) electrons. The molecule has 0 spiro atoms. The third kappa shape index (κ3) is 3.24. The van der Waals surface area contributed by atoms with Crippen molar-refractivity contribution in [2.24, 2.45) is 0 Å². The molecule has 17 heavy (non-hydrogen) atoms. The highest BCUT2D eigenvalue weighted by Gasteiger charge is 2.02. The molecule has 88 valence electrons. The summed E-state index contributed by atoms with van der Waals surface area (Å²) in [5.74, 6) is 1.52. The van der Waals surface area contributed by atoms with Crippen LogP contribution < -0.4 is 9.47 Å². The van der Waals surface area contributed by atoms with Gasteiger partial charge in [0.2, 0.25) is 0 Å². The van der Waals surface area contributed by atoms with Gasteiger partial charge in [-0.15, -0.1) is 0 Å². The Morgan fingerprint density at radius 3 is 2.24 bits per heavy atom. The quantitative estimate of drug-likeness (QED) is 0.847. The second-order valence-electron chi connectivity index (χ2n) is 3.57. The van der Waals surface area contributed by atoms with Crippen LogP contribution in [0.3, 0.4) is 0 Å². The number of hydrogen-bond donors (Lipinski definition) is 0. The summed E-state index contributed by atoms with van der Waals surface area (Å²) in [7, 11) is 1.64. The van der Waals surface area contributed by atoms with Gasteiger partial charge in [-0.05, 0) is 29.8 Å². The molecule has 0 saturated carbocycles. The summed E-state index contributed by atoms with van der Waals surface area (Å²) in [6, 6.07) is 15.7. The molecule has 2 rings (SSSR count). The Labute approximate surface area is 109 Å². The van der Waals surface area contributed by atoms with Crippen molar-refractivity contribution >= 4 is 15.9 Å². The van der Waals surface area contributed by atoms with Gasteiger partial charge in [-0.25, -0.2) is 0 Å². The van der Waals surface area contributed by atoms with E-state index in [-0.39, 0.29) is 0 Å². The first-order valence-corrected chi connectivity index (χ1v) is 6.09. The summed E-state index contributed by atoms with van der Waals surface area (Å²) in [6.45, 7) is 0.535. The van der Waals surface area contributed by atoms with Crippen molar-refractivity contribution in [3.63, 3.8) is 0 Å². The molecule has 0 heterocycles. The lowest BCUT2D eigenvalue weighted by molar-refractivity contribution is 0.284. The largest absolute Gasteiger partial charge is 0.493 e. The van der Waals surface area contributed by atoms with Crippen molar-refractivity contribution in [3.8, 4) is 11.5 Å². The minimum atomic E-state index is 0.535. The lowest BCUT2D eigenvalue weighted by atomic mass is 10.2. The van der Waals surface area contributed by atoms with Crippen molar-refractivity contribution in [1.29, 1.82) is 0 Å². The number of ether oxygens (including phenoxy) is 2. The number of benzene rings is 2. The molecule has 0 N–H and O–H groups in total. The molecule has 3 heteroatoms. The zero-order chi connectivity index (χ0) is 12.1. The van der Waals surface area contributed by atoms with Crippen molar-refractivity contribution in [2.45, 2.75) is 6.61 Å². The van der Waals surface area contributed by atoms with Gasteiger partial charge >= 0.3 is 0 Å². The molecule has 0 atom stereocenters. The van der Waals surface area contributed by atoms with Gasteiger partial charge in [0.05, 0.1) is 7.11 Å². The van der Waals surface area contributed by atoms with Crippen LogP contribution in [0.1, 0.15) is 5.56 Å². The van der Waals surface area contributed by atoms with Gasteiger partial charge in [0.1, 0.15) is 6.61 Å². The van der Waals surface area contributed by atoms with E-state index in [0.717, 1.165) is 21.5 Å². The molecule has 0 unspecified atom stereocenters. The second kappa shape index (κ2) is 5.73. The van der Waals surface area contributed by atoms with Gasteiger partial charge in [-0.3, -0.25) is 0 Å². The Morgan fingerprint density at radius 1 is 0.941 bits per heavy atom. The van der Waals surface area contributed by atoms with E-state index in [4.69, 9.17) is 9.47 Å². The Bertz CT molecular complexity index is 480. The molecular formula is C14H13BrO2. The topological polar surface area (TPSA) is 18.5 Å². The van der Waals surface area contributed by atoms with E-state index in [0.29, 0.717) is 6.61 Å². The predicted molar refractivity (Wildman–Crippen MR) is 71.5 cm³/mol. The van der Waals surface area contributed by atoms with Crippen LogP contribution in [0.2, 0.25) is 0 Å². The Kier molecular flexibility index (Phi) is 4.04. The zero-order valence-corrected chi connectivity index (χ0v) is 11.1. The minimum Gasteiger partial charge on any atom is -0.493 e. The standard InChI is InChI=1S/C14H13BrO2/c1-16-13-4-2-3-5-14(13)17-10-11-6-8-12(15)9-7-11/h2-9H,10H2,1H3. The van der Waals surface area contributed by atoms with Crippen LogP contribution in [-0.4, -0.2) is 7.11 Å². The summed E-state index contributed by atoms with van der Waals surface area (Å²) in [6.07, 6.45) is 0. The van der Waals surface area contributed by atoms with E-state index in [1.807, 2.05) is 48.5 Å². The highest BCUT2D eigenvalue weighted by molar-refractivity contribution is 9.10. The molecule has 2 nitrogen and oxygen atoms in total. The minimum absolute atomic E-state index is 0.535. The van der Waals surface area contributed by atoms with E-state index in [1.54, 1.807) is 7.11 Å². The van der Waals surface area contributed by atoms with Crippen LogP contribution in [0, 0.1) is 0 Å². The third-order valence-electron chi connectivity index (χ3n) is 2.38. The maximum Gasteiger partial charge on any atom is 0.161 e. The number of rotatable bonds is 4. The third-order valence-corrected chi connectivity index (χ3v) is 2.91. The van der Waals surface area contributed by atoms with E-state index in [1.165, 1.54) is 0 Å². The van der Waals surface area contributed by atoms with E-state index in [2.05, 4.69) is 15.9 Å². The van der Waals surface area contributed by atoms with Gasteiger partial charge in [-0.1, -0.05) is 40.2 Å². The normalized spacial score (nSPS) is 10.0. The summed E-state index contributed by atoms with van der Waals surface area (Å²) in [5.41, 5.74) is 1.12. The first-order chi connectivity index (χ1) is 8.29. The number of methoxy groups -OCH3 is 1. The lowest BCUT2D eigenvalue weighted by Crippen LogP contribution is -1.97. The van der Waals surface area contributed by atoms with Crippen LogP contribution in [0.4, 0.5) is 0 Å². The monoisotopic (exact) mass is 292 g/mol. The van der Waals surface area contributed by atoms with Gasteiger partial charge in [-0.2, -0.15) is 0 Å². The summed E-state index contributed by atoms with van der Waals surface area (Å²) < 4.78 is 12.0. The fraction of sp³-hybridized carbons (Fsp3) is 0.143. The van der Waals surface area contributed by atoms with E-state index < -0.39 is 0 Å².